The Bertz CT molecular complexity index is 872. The standard InChI is InChI=1S/C20H28N4O3S/c1-12(2)24(10-16(25)27-5)20(26)15-6-8-23(9-7-15)18-17-13(3)14(4)28-19(17)22-11-21-18/h11-12,15H,6-10H2,1-5H3. The highest BCUT2D eigenvalue weighted by Crippen LogP contribution is 2.35. The highest BCUT2D eigenvalue weighted by atomic mass is 32.1. The molecule has 0 unspecified atom stereocenters. The van der Waals surface area contributed by atoms with Crippen LogP contribution in [0.2, 0.25) is 0 Å². The van der Waals surface area contributed by atoms with Crippen LogP contribution in [0.3, 0.4) is 0 Å². The van der Waals surface area contributed by atoms with Gasteiger partial charge < -0.3 is 14.5 Å². The lowest BCUT2D eigenvalue weighted by Crippen LogP contribution is -2.47. The van der Waals surface area contributed by atoms with Gasteiger partial charge in [-0.3, -0.25) is 9.59 Å². The van der Waals surface area contributed by atoms with Gasteiger partial charge in [0.15, 0.2) is 0 Å². The Kier molecular flexibility index (Phi) is 6.17. The summed E-state index contributed by atoms with van der Waals surface area (Å²) in [4.78, 5) is 39.8. The first-order chi connectivity index (χ1) is 13.3. The van der Waals surface area contributed by atoms with E-state index in [9.17, 15) is 9.59 Å². The number of aromatic nitrogens is 2. The highest BCUT2D eigenvalue weighted by Gasteiger charge is 2.32. The molecule has 0 N–H and O–H groups in total. The minimum Gasteiger partial charge on any atom is -0.468 e. The monoisotopic (exact) mass is 404 g/mol. The molecule has 0 spiro atoms. The molecule has 0 aliphatic carbocycles. The van der Waals surface area contributed by atoms with Crippen molar-refractivity contribution < 1.29 is 14.3 Å². The second kappa shape index (κ2) is 8.43. The number of fused-ring (bicyclic) bond motifs is 1. The molecule has 2 aromatic rings. The van der Waals surface area contributed by atoms with E-state index in [0.717, 1.165) is 42.0 Å². The minimum absolute atomic E-state index is 0.00707. The third kappa shape index (κ3) is 3.97. The molecule has 3 rings (SSSR count). The van der Waals surface area contributed by atoms with Gasteiger partial charge in [-0.25, -0.2) is 9.97 Å². The molecule has 8 heteroatoms. The van der Waals surface area contributed by atoms with Gasteiger partial charge in [0, 0.05) is 29.9 Å². The van der Waals surface area contributed by atoms with Crippen molar-refractivity contribution in [2.24, 2.45) is 5.92 Å². The number of rotatable bonds is 5. The van der Waals surface area contributed by atoms with Crippen molar-refractivity contribution in [2.75, 3.05) is 31.6 Å². The van der Waals surface area contributed by atoms with Crippen LogP contribution in [0.5, 0.6) is 0 Å². The van der Waals surface area contributed by atoms with Crippen LogP contribution in [0.25, 0.3) is 10.2 Å². The maximum atomic E-state index is 13.0. The van der Waals surface area contributed by atoms with Crippen molar-refractivity contribution in [3.8, 4) is 0 Å². The van der Waals surface area contributed by atoms with Crippen molar-refractivity contribution >= 4 is 39.2 Å². The number of piperidine rings is 1. The number of carbonyl (C=O) groups excluding carboxylic acids is 2. The largest absolute Gasteiger partial charge is 0.468 e. The quantitative estimate of drug-likeness (QED) is 0.713. The van der Waals surface area contributed by atoms with Crippen LogP contribution in [-0.2, 0) is 14.3 Å². The summed E-state index contributed by atoms with van der Waals surface area (Å²) in [6.45, 7) is 9.61. The summed E-state index contributed by atoms with van der Waals surface area (Å²) in [6.07, 6.45) is 3.12. The van der Waals surface area contributed by atoms with Crippen molar-refractivity contribution in [2.45, 2.75) is 46.6 Å². The minimum atomic E-state index is -0.383. The molecule has 0 saturated carbocycles. The Morgan fingerprint density at radius 1 is 1.29 bits per heavy atom. The molecule has 0 bridgehead atoms. The van der Waals surface area contributed by atoms with E-state index in [4.69, 9.17) is 4.74 Å². The Labute approximate surface area is 169 Å². The fraction of sp³-hybridized carbons (Fsp3) is 0.600. The lowest BCUT2D eigenvalue weighted by Gasteiger charge is -2.36. The smallest absolute Gasteiger partial charge is 0.325 e. The number of aryl methyl sites for hydroxylation is 2. The van der Waals surface area contributed by atoms with Crippen LogP contribution in [0.4, 0.5) is 5.82 Å². The van der Waals surface area contributed by atoms with Gasteiger partial charge >= 0.3 is 5.97 Å². The molecule has 2 aromatic heterocycles. The number of hydrogen-bond acceptors (Lipinski definition) is 7. The molecule has 3 heterocycles. The van der Waals surface area contributed by atoms with Crippen LogP contribution >= 0.6 is 11.3 Å². The molecule has 1 aliphatic rings. The third-order valence-electron chi connectivity index (χ3n) is 5.52. The van der Waals surface area contributed by atoms with Gasteiger partial charge in [0.05, 0.1) is 12.5 Å². The first-order valence-corrected chi connectivity index (χ1v) is 10.5. The molecular formula is C20H28N4O3S. The van der Waals surface area contributed by atoms with Gasteiger partial charge in [-0.05, 0) is 46.1 Å². The van der Waals surface area contributed by atoms with E-state index in [1.807, 2.05) is 13.8 Å². The average molecular weight is 405 g/mol. The molecule has 0 aromatic carbocycles. The Morgan fingerprint density at radius 2 is 1.96 bits per heavy atom. The van der Waals surface area contributed by atoms with Crippen LogP contribution in [-0.4, -0.2) is 59.5 Å². The summed E-state index contributed by atoms with van der Waals surface area (Å²) < 4.78 is 4.74. The number of carbonyl (C=O) groups is 2. The molecule has 0 atom stereocenters. The number of amides is 1. The van der Waals surface area contributed by atoms with Crippen molar-refractivity contribution in [3.63, 3.8) is 0 Å². The van der Waals surface area contributed by atoms with E-state index in [2.05, 4.69) is 28.7 Å². The molecule has 1 fully saturated rings. The summed E-state index contributed by atoms with van der Waals surface area (Å²) in [5.41, 5.74) is 1.23. The fourth-order valence-electron chi connectivity index (χ4n) is 3.69. The zero-order chi connectivity index (χ0) is 20.4. The van der Waals surface area contributed by atoms with Gasteiger partial charge in [0.2, 0.25) is 5.91 Å². The second-order valence-electron chi connectivity index (χ2n) is 7.56. The topological polar surface area (TPSA) is 75.6 Å². The van der Waals surface area contributed by atoms with Crippen molar-refractivity contribution in [1.29, 1.82) is 0 Å². The van der Waals surface area contributed by atoms with Crippen LogP contribution < -0.4 is 4.90 Å². The first kappa shape index (κ1) is 20.5. The number of methoxy groups -OCH3 is 1. The predicted molar refractivity (Wildman–Crippen MR) is 111 cm³/mol. The van der Waals surface area contributed by atoms with E-state index in [1.165, 1.54) is 17.6 Å². The summed E-state index contributed by atoms with van der Waals surface area (Å²) in [5.74, 6) is 0.542. The average Bonchev–Trinajstić information content (AvgIpc) is 2.99. The second-order valence-corrected chi connectivity index (χ2v) is 8.76. The number of ether oxygens (including phenoxy) is 1. The molecule has 7 nitrogen and oxygen atoms in total. The highest BCUT2D eigenvalue weighted by molar-refractivity contribution is 7.18. The van der Waals surface area contributed by atoms with Gasteiger partial charge in [0.1, 0.15) is 23.5 Å². The molecule has 1 aliphatic heterocycles. The van der Waals surface area contributed by atoms with Gasteiger partial charge in [-0.1, -0.05) is 0 Å². The van der Waals surface area contributed by atoms with Gasteiger partial charge in [0.25, 0.3) is 0 Å². The molecule has 1 saturated heterocycles. The number of thiophene rings is 1. The molecule has 0 radical (unpaired) electrons. The molecule has 28 heavy (non-hydrogen) atoms. The van der Waals surface area contributed by atoms with E-state index >= 15 is 0 Å². The summed E-state index contributed by atoms with van der Waals surface area (Å²) in [6, 6.07) is -0.0393. The lowest BCUT2D eigenvalue weighted by molar-refractivity contribution is -0.150. The molecule has 152 valence electrons. The maximum Gasteiger partial charge on any atom is 0.325 e. The van der Waals surface area contributed by atoms with Crippen molar-refractivity contribution in [1.82, 2.24) is 14.9 Å². The summed E-state index contributed by atoms with van der Waals surface area (Å²) >= 11 is 1.69. The van der Waals surface area contributed by atoms with Crippen LogP contribution in [0.15, 0.2) is 6.33 Å². The lowest BCUT2D eigenvalue weighted by atomic mass is 9.94. The van der Waals surface area contributed by atoms with E-state index in [1.54, 1.807) is 22.6 Å². The summed E-state index contributed by atoms with van der Waals surface area (Å²) in [5, 5.41) is 1.13. The van der Waals surface area contributed by atoms with Crippen LogP contribution in [0.1, 0.15) is 37.1 Å². The molecular weight excluding hydrogens is 376 g/mol. The van der Waals surface area contributed by atoms with Crippen LogP contribution in [0, 0.1) is 19.8 Å². The number of hydrogen-bond donors (Lipinski definition) is 0. The zero-order valence-electron chi connectivity index (χ0n) is 17.2. The number of esters is 1. The van der Waals surface area contributed by atoms with Crippen molar-refractivity contribution in [3.05, 3.63) is 16.8 Å². The summed E-state index contributed by atoms with van der Waals surface area (Å²) in [7, 11) is 1.35. The van der Waals surface area contributed by atoms with E-state index < -0.39 is 0 Å². The van der Waals surface area contributed by atoms with Gasteiger partial charge in [-0.15, -0.1) is 11.3 Å². The van der Waals surface area contributed by atoms with E-state index in [0.29, 0.717) is 0 Å². The molecule has 1 amide bonds. The van der Waals surface area contributed by atoms with E-state index in [-0.39, 0.29) is 30.4 Å². The SMILES string of the molecule is COC(=O)CN(C(=O)C1CCN(c2ncnc3sc(C)c(C)c23)CC1)C(C)C. The predicted octanol–water partition coefficient (Wildman–Crippen LogP) is 2.93. The Morgan fingerprint density at radius 3 is 2.57 bits per heavy atom. The number of nitrogens with zero attached hydrogens (tertiary/aromatic N) is 4. The Balaban J connectivity index is 1.72. The Hall–Kier alpha value is -2.22. The maximum absolute atomic E-state index is 13.0. The fourth-order valence-corrected chi connectivity index (χ4v) is 4.69. The van der Waals surface area contributed by atoms with Gasteiger partial charge in [-0.2, -0.15) is 0 Å². The third-order valence-corrected chi connectivity index (χ3v) is 6.64. The zero-order valence-corrected chi connectivity index (χ0v) is 18.0. The number of anilines is 1. The first-order valence-electron chi connectivity index (χ1n) is 9.66. The normalized spacial score (nSPS) is 15.3.